The maximum absolute atomic E-state index is 13.7. The minimum atomic E-state index is -3.82. The Bertz CT molecular complexity index is 1060. The lowest BCUT2D eigenvalue weighted by Gasteiger charge is -2.20. The maximum atomic E-state index is 13.7. The van der Waals surface area contributed by atoms with Crippen LogP contribution in [0.1, 0.15) is 16.8 Å². The van der Waals surface area contributed by atoms with Crippen molar-refractivity contribution in [3.63, 3.8) is 0 Å². The summed E-state index contributed by atoms with van der Waals surface area (Å²) in [5.41, 5.74) is -1.69. The summed E-state index contributed by atoms with van der Waals surface area (Å²) in [4.78, 5) is 19.0. The predicted molar refractivity (Wildman–Crippen MR) is 113 cm³/mol. The summed E-state index contributed by atoms with van der Waals surface area (Å²) in [7, 11) is 0. The number of ether oxygens (including phenoxy) is 1. The molecule has 0 bridgehead atoms. The van der Waals surface area contributed by atoms with Gasteiger partial charge in [0, 0.05) is 52.7 Å². The number of pyridine rings is 1. The number of hydrogen-bond acceptors (Lipinski definition) is 6. The molecule has 3 heterocycles. The lowest BCUT2D eigenvalue weighted by Crippen LogP contribution is -2.22. The van der Waals surface area contributed by atoms with E-state index in [1.165, 1.54) is 42.0 Å². The smallest absolute Gasteiger partial charge is 0.420 e. The lowest BCUT2D eigenvalue weighted by molar-refractivity contribution is -0.0964. The third-order valence-electron chi connectivity index (χ3n) is 4.65. The zero-order valence-electron chi connectivity index (χ0n) is 15.9. The average molecular weight is 469 g/mol. The van der Waals surface area contributed by atoms with Gasteiger partial charge in [0.25, 0.3) is 5.91 Å². The quantitative estimate of drug-likeness (QED) is 0.505. The number of aromatic nitrogens is 2. The maximum Gasteiger partial charge on any atom is 0.487 e. The van der Waals surface area contributed by atoms with Crippen LogP contribution in [0.15, 0.2) is 48.1 Å². The number of benzene rings is 1. The Morgan fingerprint density at radius 3 is 2.68 bits per heavy atom. The van der Waals surface area contributed by atoms with Crippen molar-refractivity contribution in [1.29, 1.82) is 0 Å². The number of hydrogen-bond donors (Lipinski definition) is 1. The van der Waals surface area contributed by atoms with Crippen LogP contribution in [0.4, 0.5) is 24.7 Å². The summed E-state index contributed by atoms with van der Waals surface area (Å²) in [5.74, 6) is 0.0121. The summed E-state index contributed by atoms with van der Waals surface area (Å²) in [6.07, 6.45) is 2.61. The fraction of sp³-hybridized carbons (Fsp3) is 0.250. The Morgan fingerprint density at radius 2 is 2.06 bits per heavy atom. The van der Waals surface area contributed by atoms with E-state index in [2.05, 4.69) is 19.4 Å². The molecular formula is C20H16ClF3N4O2S. The third kappa shape index (κ3) is 5.26. The van der Waals surface area contributed by atoms with Crippen LogP contribution < -0.4 is 15.0 Å². The van der Waals surface area contributed by atoms with Gasteiger partial charge in [0.2, 0.25) is 0 Å². The van der Waals surface area contributed by atoms with Gasteiger partial charge in [0.15, 0.2) is 0 Å². The fourth-order valence-electron chi connectivity index (χ4n) is 3.24. The van der Waals surface area contributed by atoms with Crippen LogP contribution in [-0.4, -0.2) is 40.1 Å². The van der Waals surface area contributed by atoms with Gasteiger partial charge in [-0.25, -0.2) is 13.7 Å². The molecule has 0 saturated carbocycles. The van der Waals surface area contributed by atoms with Gasteiger partial charge >= 0.3 is 5.57 Å². The lowest BCUT2D eigenvalue weighted by atomic mass is 10.1. The Labute approximate surface area is 184 Å². The second-order valence-corrected chi connectivity index (χ2v) is 7.96. The van der Waals surface area contributed by atoms with Gasteiger partial charge in [-0.2, -0.15) is 0 Å². The van der Waals surface area contributed by atoms with Gasteiger partial charge in [-0.1, -0.05) is 0 Å². The van der Waals surface area contributed by atoms with Crippen LogP contribution in [0.25, 0.3) is 11.1 Å². The number of anilines is 2. The van der Waals surface area contributed by atoms with Gasteiger partial charge in [-0.15, -0.1) is 8.78 Å². The number of rotatable bonds is 6. The van der Waals surface area contributed by atoms with E-state index in [1.54, 1.807) is 12.3 Å². The zero-order chi connectivity index (χ0) is 22.0. The molecular weight excluding hydrogens is 453 g/mol. The molecule has 0 spiro atoms. The van der Waals surface area contributed by atoms with Crippen LogP contribution in [0, 0.1) is 0 Å². The number of amides is 1. The van der Waals surface area contributed by atoms with Crippen LogP contribution in [0.2, 0.25) is 0 Å². The molecule has 1 saturated heterocycles. The van der Waals surface area contributed by atoms with Crippen LogP contribution in [0.5, 0.6) is 5.75 Å². The molecule has 11 heteroatoms. The normalized spacial score (nSPS) is 16.4. The second kappa shape index (κ2) is 8.72. The minimum Gasteiger partial charge on any atom is -0.420 e. The Morgan fingerprint density at radius 1 is 1.29 bits per heavy atom. The largest absolute Gasteiger partial charge is 0.487 e. The van der Waals surface area contributed by atoms with Crippen molar-refractivity contribution in [3.8, 4) is 16.9 Å². The van der Waals surface area contributed by atoms with E-state index in [-0.39, 0.29) is 17.9 Å². The molecule has 1 aliphatic rings. The van der Waals surface area contributed by atoms with E-state index in [9.17, 15) is 18.0 Å². The van der Waals surface area contributed by atoms with E-state index in [4.69, 9.17) is 11.6 Å². The molecule has 1 amide bonds. The number of halogens is 4. The first-order valence-corrected chi connectivity index (χ1v) is 10.5. The molecule has 4 rings (SSSR count). The topological polar surface area (TPSA) is 67.3 Å². The van der Waals surface area contributed by atoms with Gasteiger partial charge in [0.1, 0.15) is 17.7 Å². The first kappa shape index (κ1) is 21.4. The first-order chi connectivity index (χ1) is 14.8. The SMILES string of the molecule is O=C(Nc1ccc(OC(F)(F)Cl)cc1)c1cnc(N2CCC(F)C2)c(-c2cnsc2)c1. The molecule has 1 aromatic carbocycles. The highest BCUT2D eigenvalue weighted by molar-refractivity contribution is 7.03. The predicted octanol–water partition coefficient (Wildman–Crippen LogP) is 5.17. The van der Waals surface area contributed by atoms with E-state index < -0.39 is 17.6 Å². The van der Waals surface area contributed by atoms with Crippen molar-refractivity contribution in [2.75, 3.05) is 23.3 Å². The first-order valence-electron chi connectivity index (χ1n) is 9.24. The second-order valence-electron chi connectivity index (χ2n) is 6.87. The number of nitrogens with zero attached hydrogens (tertiary/aromatic N) is 3. The van der Waals surface area contributed by atoms with Crippen molar-refractivity contribution < 1.29 is 22.7 Å². The summed E-state index contributed by atoms with van der Waals surface area (Å²) < 4.78 is 47.4. The van der Waals surface area contributed by atoms with E-state index >= 15 is 0 Å². The minimum absolute atomic E-state index is 0.145. The van der Waals surface area contributed by atoms with Gasteiger partial charge in [0.05, 0.1) is 12.1 Å². The Balaban J connectivity index is 1.55. The molecule has 31 heavy (non-hydrogen) atoms. The molecule has 0 aliphatic carbocycles. The molecule has 3 aromatic rings. The van der Waals surface area contributed by atoms with Crippen molar-refractivity contribution in [1.82, 2.24) is 9.36 Å². The average Bonchev–Trinajstić information content (AvgIpc) is 3.40. The summed E-state index contributed by atoms with van der Waals surface area (Å²) in [6, 6.07) is 7.02. The molecule has 6 nitrogen and oxygen atoms in total. The van der Waals surface area contributed by atoms with Gasteiger partial charge in [-0.05, 0) is 48.3 Å². The van der Waals surface area contributed by atoms with E-state index in [0.717, 1.165) is 5.56 Å². The summed E-state index contributed by atoms with van der Waals surface area (Å²) >= 11 is 6.00. The van der Waals surface area contributed by atoms with Crippen molar-refractivity contribution >= 4 is 40.5 Å². The molecule has 1 aliphatic heterocycles. The summed E-state index contributed by atoms with van der Waals surface area (Å²) in [5, 5.41) is 4.51. The van der Waals surface area contributed by atoms with Crippen LogP contribution >= 0.6 is 23.1 Å². The number of nitrogens with one attached hydrogen (secondary N) is 1. The summed E-state index contributed by atoms with van der Waals surface area (Å²) in [6.45, 7) is 0.791. The molecule has 2 aromatic heterocycles. The highest BCUT2D eigenvalue weighted by atomic mass is 35.5. The van der Waals surface area contributed by atoms with Crippen molar-refractivity contribution in [3.05, 3.63) is 53.7 Å². The fourth-order valence-corrected chi connectivity index (χ4v) is 3.86. The number of carbonyl (C=O) groups excluding carboxylic acids is 1. The Hall–Kier alpha value is -2.85. The highest BCUT2D eigenvalue weighted by Crippen LogP contribution is 2.33. The third-order valence-corrected chi connectivity index (χ3v) is 5.31. The van der Waals surface area contributed by atoms with E-state index in [1.807, 2.05) is 10.3 Å². The number of alkyl halides is 4. The number of carbonyl (C=O) groups is 1. The van der Waals surface area contributed by atoms with Crippen LogP contribution in [-0.2, 0) is 0 Å². The van der Waals surface area contributed by atoms with Crippen molar-refractivity contribution in [2.24, 2.45) is 0 Å². The van der Waals surface area contributed by atoms with E-state index in [0.29, 0.717) is 30.0 Å². The van der Waals surface area contributed by atoms with Crippen LogP contribution in [0.3, 0.4) is 0 Å². The molecule has 1 N–H and O–H groups in total. The molecule has 162 valence electrons. The Kier molecular flexibility index (Phi) is 6.01. The van der Waals surface area contributed by atoms with Gasteiger partial charge in [-0.3, -0.25) is 4.79 Å². The zero-order valence-corrected chi connectivity index (χ0v) is 17.5. The monoisotopic (exact) mass is 468 g/mol. The van der Waals surface area contributed by atoms with Crippen molar-refractivity contribution in [2.45, 2.75) is 18.2 Å². The molecule has 1 unspecified atom stereocenters. The molecule has 0 radical (unpaired) electrons. The highest BCUT2D eigenvalue weighted by Gasteiger charge is 2.28. The van der Waals surface area contributed by atoms with Gasteiger partial charge < -0.3 is 15.0 Å². The standard InChI is InChI=1S/C20H16ClF3N4O2S/c21-20(23,24)30-16-3-1-15(2-4-16)27-19(29)12-7-17(13-9-26-31-11-13)18(25-8-12)28-6-5-14(22)10-28/h1-4,7-9,11,14H,5-6,10H2,(H,27,29). The molecule has 1 fully saturated rings. The molecule has 1 atom stereocenters.